The van der Waals surface area contributed by atoms with Crippen LogP contribution >= 0.6 is 11.6 Å². The molecule has 0 amide bonds. The van der Waals surface area contributed by atoms with E-state index < -0.39 is 0 Å². The van der Waals surface area contributed by atoms with Gasteiger partial charge < -0.3 is 19.9 Å². The third-order valence-electron chi connectivity index (χ3n) is 3.85. The molecule has 1 N–H and O–H groups in total. The van der Waals surface area contributed by atoms with Crippen LogP contribution in [0.15, 0.2) is 0 Å². The number of halogens is 1. The van der Waals surface area contributed by atoms with Crippen LogP contribution in [-0.2, 0) is 4.74 Å². The summed E-state index contributed by atoms with van der Waals surface area (Å²) in [4.78, 5) is 17.3. The van der Waals surface area contributed by atoms with E-state index in [1.54, 1.807) is 0 Å². The van der Waals surface area contributed by atoms with Gasteiger partial charge in [0.05, 0.1) is 13.2 Å². The van der Waals surface area contributed by atoms with Crippen molar-refractivity contribution in [2.24, 2.45) is 0 Å². The highest BCUT2D eigenvalue weighted by molar-refractivity contribution is 6.28. The van der Waals surface area contributed by atoms with Gasteiger partial charge in [0, 0.05) is 25.7 Å². The Morgan fingerprint density at radius 1 is 1.19 bits per heavy atom. The second kappa shape index (κ2) is 6.72. The maximum Gasteiger partial charge on any atom is 0.231 e. The van der Waals surface area contributed by atoms with Gasteiger partial charge in [0.2, 0.25) is 17.2 Å². The van der Waals surface area contributed by atoms with Gasteiger partial charge in [-0.05, 0) is 38.0 Å². The number of aromatic nitrogens is 3. The molecule has 2 fully saturated rings. The van der Waals surface area contributed by atoms with Crippen LogP contribution in [0.2, 0.25) is 5.28 Å². The molecule has 2 saturated heterocycles. The van der Waals surface area contributed by atoms with E-state index in [9.17, 15) is 0 Å². The first kappa shape index (κ1) is 14.7. The lowest BCUT2D eigenvalue weighted by Crippen LogP contribution is -2.40. The Morgan fingerprint density at radius 2 is 2.00 bits per heavy atom. The number of likely N-dealkylation sites (tertiary alicyclic amines) is 1. The van der Waals surface area contributed by atoms with Crippen LogP contribution in [0.3, 0.4) is 0 Å². The first-order chi connectivity index (χ1) is 10.2. The monoisotopic (exact) mass is 312 g/mol. The third kappa shape index (κ3) is 3.93. The molecule has 3 rings (SSSR count). The normalized spacial score (nSPS) is 24.1. The lowest BCUT2D eigenvalue weighted by atomic mass is 10.1. The second-order valence-electron chi connectivity index (χ2n) is 5.57. The molecule has 3 heterocycles. The van der Waals surface area contributed by atoms with E-state index in [-0.39, 0.29) is 5.28 Å². The maximum atomic E-state index is 6.05. The molecule has 0 radical (unpaired) electrons. The highest BCUT2D eigenvalue weighted by Gasteiger charge is 2.20. The fraction of sp³-hybridized carbons (Fsp3) is 0.769. The Hall–Kier alpha value is -1.18. The van der Waals surface area contributed by atoms with Gasteiger partial charge in [-0.3, -0.25) is 0 Å². The molecule has 0 aliphatic carbocycles. The maximum absolute atomic E-state index is 6.05. The third-order valence-corrected chi connectivity index (χ3v) is 4.02. The predicted octanol–water partition coefficient (Wildman–Crippen LogP) is 0.868. The zero-order valence-electron chi connectivity index (χ0n) is 12.3. The Labute approximate surface area is 129 Å². The molecule has 8 heteroatoms. The summed E-state index contributed by atoms with van der Waals surface area (Å²) in [6.45, 7) is 5.10. The zero-order chi connectivity index (χ0) is 14.7. The molecule has 21 heavy (non-hydrogen) atoms. The van der Waals surface area contributed by atoms with Crippen molar-refractivity contribution in [3.8, 4) is 0 Å². The Bertz CT molecular complexity index is 482. The molecule has 7 nitrogen and oxygen atoms in total. The SMILES string of the molecule is CN1CCCC(Nc2nc(Cl)nc(N3CCOCC3)n2)C1. The van der Waals surface area contributed by atoms with Crippen LogP contribution in [0.5, 0.6) is 0 Å². The van der Waals surface area contributed by atoms with Crippen LogP contribution in [0, 0.1) is 0 Å². The minimum Gasteiger partial charge on any atom is -0.378 e. The summed E-state index contributed by atoms with van der Waals surface area (Å²) >= 11 is 6.05. The van der Waals surface area contributed by atoms with Crippen LogP contribution < -0.4 is 10.2 Å². The molecule has 1 atom stereocenters. The van der Waals surface area contributed by atoms with Gasteiger partial charge in [0.1, 0.15) is 0 Å². The molecule has 0 spiro atoms. The van der Waals surface area contributed by atoms with Crippen molar-refractivity contribution in [2.45, 2.75) is 18.9 Å². The number of likely N-dealkylation sites (N-methyl/N-ethyl adjacent to an activating group) is 1. The molecular weight excluding hydrogens is 292 g/mol. The molecule has 0 saturated carbocycles. The van der Waals surface area contributed by atoms with Gasteiger partial charge in [0.15, 0.2) is 0 Å². The summed E-state index contributed by atoms with van der Waals surface area (Å²) < 4.78 is 5.35. The lowest BCUT2D eigenvalue weighted by Gasteiger charge is -2.30. The van der Waals surface area contributed by atoms with Crippen molar-refractivity contribution < 1.29 is 4.74 Å². The van der Waals surface area contributed by atoms with Crippen LogP contribution in [-0.4, -0.2) is 72.3 Å². The van der Waals surface area contributed by atoms with E-state index >= 15 is 0 Å². The summed E-state index contributed by atoms with van der Waals surface area (Å²) in [6, 6.07) is 0.361. The number of ether oxygens (including phenoxy) is 1. The Morgan fingerprint density at radius 3 is 2.76 bits per heavy atom. The van der Waals surface area contributed by atoms with Crippen molar-refractivity contribution in [1.29, 1.82) is 0 Å². The standard InChI is InChI=1S/C13H21ClN6O/c1-19-4-2-3-10(9-19)15-12-16-11(14)17-13(18-12)20-5-7-21-8-6-20/h10H,2-9H2,1H3,(H,15,16,17,18). The molecule has 0 bridgehead atoms. The molecule has 2 aliphatic heterocycles. The highest BCUT2D eigenvalue weighted by Crippen LogP contribution is 2.17. The minimum absolute atomic E-state index is 0.234. The number of anilines is 2. The predicted molar refractivity (Wildman–Crippen MR) is 82.0 cm³/mol. The molecule has 1 aromatic rings. The molecular formula is C13H21ClN6O. The van der Waals surface area contributed by atoms with Crippen molar-refractivity contribution in [3.05, 3.63) is 5.28 Å². The van der Waals surface area contributed by atoms with Gasteiger partial charge in [-0.15, -0.1) is 0 Å². The Balaban J connectivity index is 1.71. The van der Waals surface area contributed by atoms with E-state index in [0.29, 0.717) is 31.2 Å². The van der Waals surface area contributed by atoms with Crippen LogP contribution in [0.25, 0.3) is 0 Å². The second-order valence-corrected chi connectivity index (χ2v) is 5.91. The van der Waals surface area contributed by atoms with E-state index in [1.807, 2.05) is 0 Å². The quantitative estimate of drug-likeness (QED) is 0.888. The summed E-state index contributed by atoms with van der Waals surface area (Å²) in [6.07, 6.45) is 2.31. The number of morpholine rings is 1. The van der Waals surface area contributed by atoms with Crippen LogP contribution in [0.4, 0.5) is 11.9 Å². The van der Waals surface area contributed by atoms with Gasteiger partial charge in [-0.1, -0.05) is 0 Å². The molecule has 2 aliphatic rings. The molecule has 116 valence electrons. The van der Waals surface area contributed by atoms with Crippen LogP contribution in [0.1, 0.15) is 12.8 Å². The Kier molecular flexibility index (Phi) is 4.72. The summed E-state index contributed by atoms with van der Waals surface area (Å²) in [5, 5.41) is 3.62. The van der Waals surface area contributed by atoms with Gasteiger partial charge in [-0.2, -0.15) is 15.0 Å². The minimum atomic E-state index is 0.234. The van der Waals surface area contributed by atoms with Crippen molar-refractivity contribution >= 4 is 23.5 Å². The fourth-order valence-electron chi connectivity index (χ4n) is 2.78. The van der Waals surface area contributed by atoms with E-state index in [1.165, 1.54) is 6.42 Å². The smallest absolute Gasteiger partial charge is 0.231 e. The van der Waals surface area contributed by atoms with E-state index in [4.69, 9.17) is 16.3 Å². The molecule has 1 unspecified atom stereocenters. The van der Waals surface area contributed by atoms with Crippen molar-refractivity contribution in [3.63, 3.8) is 0 Å². The van der Waals surface area contributed by atoms with Gasteiger partial charge in [0.25, 0.3) is 0 Å². The summed E-state index contributed by atoms with van der Waals surface area (Å²) in [7, 11) is 2.13. The summed E-state index contributed by atoms with van der Waals surface area (Å²) in [5.41, 5.74) is 0. The summed E-state index contributed by atoms with van der Waals surface area (Å²) in [5.74, 6) is 1.20. The number of nitrogens with zero attached hydrogens (tertiary/aromatic N) is 5. The average molecular weight is 313 g/mol. The zero-order valence-corrected chi connectivity index (χ0v) is 13.0. The number of piperidine rings is 1. The van der Waals surface area contributed by atoms with Gasteiger partial charge >= 0.3 is 0 Å². The number of hydrogen-bond acceptors (Lipinski definition) is 7. The average Bonchev–Trinajstić information content (AvgIpc) is 2.47. The largest absolute Gasteiger partial charge is 0.378 e. The molecule has 0 aromatic carbocycles. The fourth-order valence-corrected chi connectivity index (χ4v) is 2.93. The first-order valence-electron chi connectivity index (χ1n) is 7.40. The van der Waals surface area contributed by atoms with Gasteiger partial charge in [-0.25, -0.2) is 0 Å². The highest BCUT2D eigenvalue weighted by atomic mass is 35.5. The van der Waals surface area contributed by atoms with E-state index in [2.05, 4.69) is 37.1 Å². The van der Waals surface area contributed by atoms with Crippen molar-refractivity contribution in [2.75, 3.05) is 56.7 Å². The van der Waals surface area contributed by atoms with E-state index in [0.717, 1.165) is 32.6 Å². The number of nitrogens with one attached hydrogen (secondary N) is 1. The number of rotatable bonds is 3. The number of hydrogen-bond donors (Lipinski definition) is 1. The topological polar surface area (TPSA) is 66.4 Å². The van der Waals surface area contributed by atoms with Crippen molar-refractivity contribution in [1.82, 2.24) is 19.9 Å². The lowest BCUT2D eigenvalue weighted by molar-refractivity contribution is 0.122. The molecule has 1 aromatic heterocycles. The first-order valence-corrected chi connectivity index (χ1v) is 7.78.